The summed E-state index contributed by atoms with van der Waals surface area (Å²) in [6.45, 7) is 1.53. The number of hydrogen-bond acceptors (Lipinski definition) is 8. The SMILES string of the molecule is CS(=O)(=O)c1cc([N+](=O)[O-])c(N2CCN(C(=O)c3ccoc3)CC2)s1. The van der Waals surface area contributed by atoms with Crippen molar-refractivity contribution < 1.29 is 22.6 Å². The van der Waals surface area contributed by atoms with Crippen molar-refractivity contribution >= 4 is 37.8 Å². The Bertz CT molecular complexity index is 895. The molecule has 1 aliphatic heterocycles. The number of sulfone groups is 1. The molecule has 1 aliphatic rings. The number of nitro groups is 1. The number of piperazine rings is 1. The van der Waals surface area contributed by atoms with Gasteiger partial charge in [-0.1, -0.05) is 11.3 Å². The second-order valence-corrected chi connectivity index (χ2v) is 8.85. The van der Waals surface area contributed by atoms with Crippen molar-refractivity contribution in [2.45, 2.75) is 4.21 Å². The van der Waals surface area contributed by atoms with Gasteiger partial charge in [-0.2, -0.15) is 0 Å². The molecule has 2 aromatic rings. The number of amides is 1. The summed E-state index contributed by atoms with van der Waals surface area (Å²) in [6, 6.07) is 2.68. The van der Waals surface area contributed by atoms with E-state index in [4.69, 9.17) is 4.42 Å². The van der Waals surface area contributed by atoms with Crippen molar-refractivity contribution in [2.75, 3.05) is 37.3 Å². The molecule has 0 aliphatic carbocycles. The molecule has 1 saturated heterocycles. The lowest BCUT2D eigenvalue weighted by Gasteiger charge is -2.34. The second-order valence-electron chi connectivity index (χ2n) is 5.58. The van der Waals surface area contributed by atoms with Crippen LogP contribution >= 0.6 is 11.3 Å². The van der Waals surface area contributed by atoms with Crippen LogP contribution in [0.5, 0.6) is 0 Å². The highest BCUT2D eigenvalue weighted by molar-refractivity contribution is 7.92. The third-order valence-corrected chi connectivity index (χ3v) is 6.84. The number of thiophene rings is 1. The van der Waals surface area contributed by atoms with Gasteiger partial charge in [0.15, 0.2) is 14.8 Å². The topological polar surface area (TPSA) is 114 Å². The first-order valence-electron chi connectivity index (χ1n) is 7.32. The van der Waals surface area contributed by atoms with Crippen LogP contribution in [0.25, 0.3) is 0 Å². The van der Waals surface area contributed by atoms with Crippen LogP contribution in [0.15, 0.2) is 33.3 Å². The molecule has 0 atom stereocenters. The molecule has 0 unspecified atom stereocenters. The van der Waals surface area contributed by atoms with Gasteiger partial charge in [0.2, 0.25) is 0 Å². The first-order valence-corrected chi connectivity index (χ1v) is 10.0. The van der Waals surface area contributed by atoms with Gasteiger partial charge in [0.25, 0.3) is 5.91 Å². The summed E-state index contributed by atoms with van der Waals surface area (Å²) in [5.41, 5.74) is 0.231. The Balaban J connectivity index is 1.78. The first kappa shape index (κ1) is 17.4. The van der Waals surface area contributed by atoms with Gasteiger partial charge in [-0.15, -0.1) is 0 Å². The normalized spacial score (nSPS) is 15.4. The van der Waals surface area contributed by atoms with E-state index >= 15 is 0 Å². The van der Waals surface area contributed by atoms with Gasteiger partial charge >= 0.3 is 5.69 Å². The van der Waals surface area contributed by atoms with Crippen LogP contribution in [0.1, 0.15) is 10.4 Å². The number of rotatable bonds is 4. The number of hydrogen-bond donors (Lipinski definition) is 0. The smallest absolute Gasteiger partial charge is 0.305 e. The number of anilines is 1. The maximum atomic E-state index is 12.3. The van der Waals surface area contributed by atoms with Crippen molar-refractivity contribution in [2.24, 2.45) is 0 Å². The van der Waals surface area contributed by atoms with Crippen LogP contribution in [0.2, 0.25) is 0 Å². The van der Waals surface area contributed by atoms with E-state index in [1.807, 2.05) is 0 Å². The molecule has 0 spiro atoms. The molecule has 0 aromatic carbocycles. The summed E-state index contributed by atoms with van der Waals surface area (Å²) in [5.74, 6) is -0.161. The molecule has 9 nitrogen and oxygen atoms in total. The fourth-order valence-corrected chi connectivity index (χ4v) is 4.65. The Morgan fingerprint density at radius 3 is 2.52 bits per heavy atom. The molecule has 1 fully saturated rings. The van der Waals surface area contributed by atoms with Gasteiger partial charge in [0, 0.05) is 38.5 Å². The summed E-state index contributed by atoms with van der Waals surface area (Å²) < 4.78 is 28.2. The summed E-state index contributed by atoms with van der Waals surface area (Å²) in [6.07, 6.45) is 3.82. The summed E-state index contributed by atoms with van der Waals surface area (Å²) in [5, 5.41) is 11.6. The molecule has 0 bridgehead atoms. The van der Waals surface area contributed by atoms with Crippen LogP contribution in [0.3, 0.4) is 0 Å². The number of nitrogens with zero attached hydrogens (tertiary/aromatic N) is 3. The van der Waals surface area contributed by atoms with Crippen molar-refractivity contribution in [3.05, 3.63) is 40.3 Å². The highest BCUT2D eigenvalue weighted by Gasteiger charge is 2.30. The molecule has 25 heavy (non-hydrogen) atoms. The van der Waals surface area contributed by atoms with E-state index in [9.17, 15) is 23.3 Å². The average Bonchev–Trinajstić information content (AvgIpc) is 3.23. The van der Waals surface area contributed by atoms with Gasteiger partial charge in [-0.05, 0) is 6.07 Å². The zero-order valence-electron chi connectivity index (χ0n) is 13.2. The highest BCUT2D eigenvalue weighted by Crippen LogP contribution is 2.40. The molecule has 134 valence electrons. The van der Waals surface area contributed by atoms with Crippen LogP contribution in [0, 0.1) is 10.1 Å². The van der Waals surface area contributed by atoms with E-state index in [1.54, 1.807) is 15.9 Å². The minimum Gasteiger partial charge on any atom is -0.472 e. The molecule has 1 amide bonds. The maximum absolute atomic E-state index is 12.3. The van der Waals surface area contributed by atoms with Gasteiger partial charge in [0.05, 0.1) is 16.7 Å². The lowest BCUT2D eigenvalue weighted by atomic mass is 10.2. The molecule has 11 heteroatoms. The van der Waals surface area contributed by atoms with E-state index in [0.29, 0.717) is 36.7 Å². The monoisotopic (exact) mass is 385 g/mol. The van der Waals surface area contributed by atoms with Crippen molar-refractivity contribution in [1.82, 2.24) is 4.90 Å². The van der Waals surface area contributed by atoms with E-state index in [0.717, 1.165) is 23.7 Å². The molecular formula is C14H15N3O6S2. The van der Waals surface area contributed by atoms with E-state index in [-0.39, 0.29) is 15.8 Å². The highest BCUT2D eigenvalue weighted by atomic mass is 32.2. The Morgan fingerprint density at radius 1 is 1.32 bits per heavy atom. The molecule has 0 radical (unpaired) electrons. The molecule has 0 saturated carbocycles. The summed E-state index contributed by atoms with van der Waals surface area (Å²) in [7, 11) is -3.52. The van der Waals surface area contributed by atoms with Crippen LogP contribution in [0.4, 0.5) is 10.7 Å². The molecule has 2 aromatic heterocycles. The van der Waals surface area contributed by atoms with Crippen LogP contribution in [-0.4, -0.2) is 56.6 Å². The second kappa shape index (κ2) is 6.48. The van der Waals surface area contributed by atoms with Crippen molar-refractivity contribution in [3.8, 4) is 0 Å². The Hall–Kier alpha value is -2.40. The van der Waals surface area contributed by atoms with Gasteiger partial charge < -0.3 is 14.2 Å². The zero-order valence-corrected chi connectivity index (χ0v) is 14.9. The van der Waals surface area contributed by atoms with Gasteiger partial charge in [-0.25, -0.2) is 8.42 Å². The van der Waals surface area contributed by atoms with Gasteiger partial charge in [-0.3, -0.25) is 14.9 Å². The van der Waals surface area contributed by atoms with E-state index in [1.165, 1.54) is 12.5 Å². The minimum atomic E-state index is -3.52. The maximum Gasteiger partial charge on any atom is 0.305 e. The predicted octanol–water partition coefficient (Wildman–Crippen LogP) is 1.62. The fraction of sp³-hybridized carbons (Fsp3) is 0.357. The number of carbonyl (C=O) groups is 1. The van der Waals surface area contributed by atoms with E-state index < -0.39 is 14.8 Å². The van der Waals surface area contributed by atoms with Crippen molar-refractivity contribution in [1.29, 1.82) is 0 Å². The molecule has 3 rings (SSSR count). The molecule has 0 N–H and O–H groups in total. The Labute approximate surface area is 147 Å². The Morgan fingerprint density at radius 2 is 2.00 bits per heavy atom. The zero-order chi connectivity index (χ0) is 18.2. The summed E-state index contributed by atoms with van der Waals surface area (Å²) >= 11 is 0.887. The summed E-state index contributed by atoms with van der Waals surface area (Å²) in [4.78, 5) is 26.3. The Kier molecular flexibility index (Phi) is 4.52. The first-order chi connectivity index (χ1) is 11.8. The van der Waals surface area contributed by atoms with Crippen LogP contribution < -0.4 is 4.90 Å². The predicted molar refractivity (Wildman–Crippen MR) is 90.9 cm³/mol. The molecule has 3 heterocycles. The van der Waals surface area contributed by atoms with E-state index in [2.05, 4.69) is 0 Å². The third-order valence-electron chi connectivity index (χ3n) is 3.86. The quantitative estimate of drug-likeness (QED) is 0.580. The largest absolute Gasteiger partial charge is 0.472 e. The van der Waals surface area contributed by atoms with Gasteiger partial charge in [0.1, 0.15) is 10.5 Å². The standard InChI is InChI=1S/C14H15N3O6S2/c1-25(21,22)12-8-11(17(19)20)14(24-12)16-5-3-15(4-6-16)13(18)10-2-7-23-9-10/h2,7-9H,3-6H2,1H3. The van der Waals surface area contributed by atoms with Crippen molar-refractivity contribution in [3.63, 3.8) is 0 Å². The third kappa shape index (κ3) is 3.51. The lowest BCUT2D eigenvalue weighted by Crippen LogP contribution is -2.48. The average molecular weight is 385 g/mol. The minimum absolute atomic E-state index is 0.0360. The lowest BCUT2D eigenvalue weighted by molar-refractivity contribution is -0.383. The number of carbonyl (C=O) groups excluding carboxylic acids is 1. The van der Waals surface area contributed by atoms with Crippen LogP contribution in [-0.2, 0) is 9.84 Å². The fourth-order valence-electron chi connectivity index (χ4n) is 2.57. The molecular weight excluding hydrogens is 370 g/mol. The number of furan rings is 1.